The third kappa shape index (κ3) is 2.87. The van der Waals surface area contributed by atoms with Gasteiger partial charge in [-0.1, -0.05) is 0 Å². The first-order valence-corrected chi connectivity index (χ1v) is 7.33. The molecule has 0 unspecified atom stereocenters. The van der Waals surface area contributed by atoms with Crippen LogP contribution in [-0.4, -0.2) is 49.0 Å². The molecule has 0 saturated heterocycles. The maximum atomic E-state index is 5.49. The van der Waals surface area contributed by atoms with E-state index in [1.165, 1.54) is 0 Å². The molecule has 2 aromatic rings. The van der Waals surface area contributed by atoms with Crippen LogP contribution in [0.2, 0.25) is 0 Å². The van der Waals surface area contributed by atoms with E-state index in [-0.39, 0.29) is 6.79 Å². The van der Waals surface area contributed by atoms with Crippen LogP contribution < -0.4 is 14.2 Å². The van der Waals surface area contributed by atoms with Crippen molar-refractivity contribution in [3.63, 3.8) is 0 Å². The van der Waals surface area contributed by atoms with Crippen molar-refractivity contribution in [2.24, 2.45) is 0 Å². The van der Waals surface area contributed by atoms with Gasteiger partial charge in [-0.25, -0.2) is 4.98 Å². The molecule has 6 nitrogen and oxygen atoms in total. The Kier molecular flexibility index (Phi) is 4.20. The number of nitrogens with zero attached hydrogens (tertiary/aromatic N) is 3. The van der Waals surface area contributed by atoms with Gasteiger partial charge in [0.15, 0.2) is 11.5 Å². The molecule has 3 rings (SSSR count). The number of imidazole rings is 1. The summed E-state index contributed by atoms with van der Waals surface area (Å²) in [6.07, 6.45) is 4.87. The lowest BCUT2D eigenvalue weighted by atomic mass is 10.1. The zero-order valence-corrected chi connectivity index (χ0v) is 13.2. The molecule has 0 radical (unpaired) electrons. The Morgan fingerprint density at radius 3 is 2.77 bits per heavy atom. The molecule has 22 heavy (non-hydrogen) atoms. The molecule has 0 saturated carbocycles. The highest BCUT2D eigenvalue weighted by Gasteiger charge is 2.20. The molecule has 0 bridgehead atoms. The van der Waals surface area contributed by atoms with Crippen LogP contribution in [0.4, 0.5) is 0 Å². The van der Waals surface area contributed by atoms with E-state index >= 15 is 0 Å². The second-order valence-electron chi connectivity index (χ2n) is 5.51. The lowest BCUT2D eigenvalue weighted by Gasteiger charge is -2.13. The average Bonchev–Trinajstić information content (AvgIpc) is 3.13. The minimum atomic E-state index is 0.249. The third-order valence-corrected chi connectivity index (χ3v) is 3.66. The van der Waals surface area contributed by atoms with Crippen molar-refractivity contribution in [3.05, 3.63) is 24.5 Å². The monoisotopic (exact) mass is 303 g/mol. The normalized spacial score (nSPS) is 12.9. The Morgan fingerprint density at radius 1 is 1.27 bits per heavy atom. The molecule has 1 aliphatic rings. The maximum absolute atomic E-state index is 5.49. The number of ether oxygens (including phenoxy) is 3. The number of aryl methyl sites for hydroxylation is 1. The van der Waals surface area contributed by atoms with Gasteiger partial charge in [-0.2, -0.15) is 0 Å². The lowest BCUT2D eigenvalue weighted by molar-refractivity contribution is 0.174. The molecule has 0 N–H and O–H groups in total. The van der Waals surface area contributed by atoms with Gasteiger partial charge in [0.1, 0.15) is 11.6 Å². The van der Waals surface area contributed by atoms with E-state index in [9.17, 15) is 0 Å². The second kappa shape index (κ2) is 6.27. The van der Waals surface area contributed by atoms with E-state index in [4.69, 9.17) is 14.2 Å². The highest BCUT2D eigenvalue weighted by Crippen LogP contribution is 2.41. The smallest absolute Gasteiger partial charge is 0.231 e. The standard InChI is InChI=1S/C16H21N3O3/c1-18(2)6-4-7-19-8-5-17-16(19)12-9-14-15(22-11-21-14)10-13(12)20-3/h5,8-10H,4,6-7,11H2,1-3H3. The van der Waals surface area contributed by atoms with E-state index in [1.807, 2.05) is 24.5 Å². The first-order chi connectivity index (χ1) is 10.7. The largest absolute Gasteiger partial charge is 0.496 e. The van der Waals surface area contributed by atoms with Gasteiger partial charge < -0.3 is 23.7 Å². The Morgan fingerprint density at radius 2 is 2.05 bits per heavy atom. The third-order valence-electron chi connectivity index (χ3n) is 3.66. The van der Waals surface area contributed by atoms with Gasteiger partial charge in [0.2, 0.25) is 6.79 Å². The van der Waals surface area contributed by atoms with Gasteiger partial charge in [-0.05, 0) is 33.1 Å². The van der Waals surface area contributed by atoms with Crippen molar-refractivity contribution in [2.75, 3.05) is 34.5 Å². The molecule has 0 fully saturated rings. The maximum Gasteiger partial charge on any atom is 0.231 e. The van der Waals surface area contributed by atoms with Crippen LogP contribution in [-0.2, 0) is 6.54 Å². The van der Waals surface area contributed by atoms with Crippen molar-refractivity contribution >= 4 is 0 Å². The Balaban J connectivity index is 1.89. The van der Waals surface area contributed by atoms with E-state index in [0.29, 0.717) is 5.75 Å². The Bertz CT molecular complexity index is 652. The zero-order valence-electron chi connectivity index (χ0n) is 13.2. The van der Waals surface area contributed by atoms with Crippen molar-refractivity contribution in [2.45, 2.75) is 13.0 Å². The molecular formula is C16H21N3O3. The van der Waals surface area contributed by atoms with Gasteiger partial charge in [-0.3, -0.25) is 0 Å². The highest BCUT2D eigenvalue weighted by atomic mass is 16.7. The van der Waals surface area contributed by atoms with Crippen LogP contribution in [0, 0.1) is 0 Å². The van der Waals surface area contributed by atoms with Crippen LogP contribution >= 0.6 is 0 Å². The first-order valence-electron chi connectivity index (χ1n) is 7.33. The summed E-state index contributed by atoms with van der Waals surface area (Å²) in [6.45, 7) is 2.19. The highest BCUT2D eigenvalue weighted by molar-refractivity contribution is 5.70. The summed E-state index contributed by atoms with van der Waals surface area (Å²) in [7, 11) is 5.81. The second-order valence-corrected chi connectivity index (χ2v) is 5.51. The summed E-state index contributed by atoms with van der Waals surface area (Å²) in [5, 5.41) is 0. The van der Waals surface area contributed by atoms with Crippen molar-refractivity contribution in [3.8, 4) is 28.6 Å². The number of hydrogen-bond donors (Lipinski definition) is 0. The molecule has 0 aliphatic carbocycles. The van der Waals surface area contributed by atoms with Crippen molar-refractivity contribution in [1.29, 1.82) is 0 Å². The number of methoxy groups -OCH3 is 1. The fourth-order valence-electron chi connectivity index (χ4n) is 2.56. The Labute approximate surface area is 130 Å². The molecular weight excluding hydrogens is 282 g/mol. The predicted molar refractivity (Wildman–Crippen MR) is 83.5 cm³/mol. The number of benzene rings is 1. The number of hydrogen-bond acceptors (Lipinski definition) is 5. The molecule has 2 heterocycles. The van der Waals surface area contributed by atoms with E-state index in [1.54, 1.807) is 7.11 Å². The number of fused-ring (bicyclic) bond motifs is 1. The van der Waals surface area contributed by atoms with Gasteiger partial charge in [0.05, 0.1) is 12.7 Å². The molecule has 0 amide bonds. The summed E-state index contributed by atoms with van der Waals surface area (Å²) in [6, 6.07) is 3.79. The SMILES string of the molecule is COc1cc2c(cc1-c1nccn1CCCN(C)C)OCO2. The molecule has 1 aromatic carbocycles. The fourth-order valence-corrected chi connectivity index (χ4v) is 2.56. The van der Waals surface area contributed by atoms with Crippen LogP contribution in [0.5, 0.6) is 17.2 Å². The van der Waals surface area contributed by atoms with Crippen molar-refractivity contribution < 1.29 is 14.2 Å². The quantitative estimate of drug-likeness (QED) is 0.819. The van der Waals surface area contributed by atoms with Crippen molar-refractivity contribution in [1.82, 2.24) is 14.5 Å². The number of rotatable bonds is 6. The lowest BCUT2D eigenvalue weighted by Crippen LogP contribution is -2.15. The van der Waals surface area contributed by atoms with Crippen LogP contribution in [0.15, 0.2) is 24.5 Å². The molecule has 0 atom stereocenters. The summed E-state index contributed by atoms with van der Waals surface area (Å²) in [4.78, 5) is 6.67. The van der Waals surface area contributed by atoms with E-state index in [0.717, 1.165) is 42.4 Å². The predicted octanol–water partition coefficient (Wildman–Crippen LogP) is 2.24. The van der Waals surface area contributed by atoms with Gasteiger partial charge in [0, 0.05) is 25.0 Å². The Hall–Kier alpha value is -2.21. The average molecular weight is 303 g/mol. The molecule has 118 valence electrons. The summed E-state index contributed by atoms with van der Waals surface area (Å²) >= 11 is 0. The van der Waals surface area contributed by atoms with Crippen LogP contribution in [0.1, 0.15) is 6.42 Å². The van der Waals surface area contributed by atoms with E-state index in [2.05, 4.69) is 28.5 Å². The van der Waals surface area contributed by atoms with Crippen LogP contribution in [0.3, 0.4) is 0 Å². The summed E-state index contributed by atoms with van der Waals surface area (Å²) in [5.74, 6) is 3.07. The molecule has 6 heteroatoms. The molecule has 0 spiro atoms. The number of aromatic nitrogens is 2. The van der Waals surface area contributed by atoms with Crippen LogP contribution in [0.25, 0.3) is 11.4 Å². The minimum Gasteiger partial charge on any atom is -0.496 e. The van der Waals surface area contributed by atoms with Gasteiger partial charge >= 0.3 is 0 Å². The molecule has 1 aromatic heterocycles. The zero-order chi connectivity index (χ0) is 15.5. The first kappa shape index (κ1) is 14.7. The van der Waals surface area contributed by atoms with Gasteiger partial charge in [0.25, 0.3) is 0 Å². The topological polar surface area (TPSA) is 48.8 Å². The van der Waals surface area contributed by atoms with E-state index < -0.39 is 0 Å². The van der Waals surface area contributed by atoms with Gasteiger partial charge in [-0.15, -0.1) is 0 Å². The molecule has 1 aliphatic heterocycles. The summed E-state index contributed by atoms with van der Waals surface area (Å²) < 4.78 is 18.5. The summed E-state index contributed by atoms with van der Waals surface area (Å²) in [5.41, 5.74) is 0.918. The minimum absolute atomic E-state index is 0.249. The fraction of sp³-hybridized carbons (Fsp3) is 0.438.